The van der Waals surface area contributed by atoms with Gasteiger partial charge in [0.25, 0.3) is 0 Å². The molecule has 2 aliphatic heterocycles. The summed E-state index contributed by atoms with van der Waals surface area (Å²) in [5.41, 5.74) is 4.90. The van der Waals surface area contributed by atoms with Gasteiger partial charge in [0.15, 0.2) is 5.78 Å². The molecule has 1 amide bonds. The number of aromatic hydroxyl groups is 1. The first-order valence-electron chi connectivity index (χ1n) is 13.2. The van der Waals surface area contributed by atoms with Crippen molar-refractivity contribution in [1.82, 2.24) is 4.90 Å². The first-order valence-corrected chi connectivity index (χ1v) is 13.2. The van der Waals surface area contributed by atoms with Gasteiger partial charge in [-0.2, -0.15) is 0 Å². The van der Waals surface area contributed by atoms with Gasteiger partial charge in [0.05, 0.1) is 25.1 Å². The number of hydrogen-bond donors (Lipinski definition) is 2. The van der Waals surface area contributed by atoms with Crippen molar-refractivity contribution in [3.05, 3.63) is 88.2 Å². The lowest BCUT2D eigenvalue weighted by atomic mass is 9.89. The summed E-state index contributed by atoms with van der Waals surface area (Å²) in [6.07, 6.45) is 2.32. The molecule has 0 aromatic heterocycles. The lowest BCUT2D eigenvalue weighted by Gasteiger charge is -2.33. The van der Waals surface area contributed by atoms with Crippen molar-refractivity contribution in [2.45, 2.75) is 39.3 Å². The highest BCUT2D eigenvalue weighted by atomic mass is 19.1. The number of ketones is 1. The number of carbonyl (C=O) groups excluding carboxylic acids is 2. The van der Waals surface area contributed by atoms with Crippen molar-refractivity contribution in [1.29, 1.82) is 0 Å². The molecule has 1 saturated heterocycles. The van der Waals surface area contributed by atoms with Crippen molar-refractivity contribution < 1.29 is 23.8 Å². The first-order chi connectivity index (χ1) is 18.8. The van der Waals surface area contributed by atoms with Gasteiger partial charge in [-0.3, -0.25) is 19.5 Å². The molecule has 0 aliphatic carbocycles. The number of ether oxygens (including phenoxy) is 1. The molecule has 3 aromatic rings. The summed E-state index contributed by atoms with van der Waals surface area (Å²) >= 11 is 0. The number of carbonyl (C=O) groups is 2. The van der Waals surface area contributed by atoms with E-state index in [1.807, 2.05) is 18.2 Å². The number of piperidine rings is 1. The van der Waals surface area contributed by atoms with Crippen LogP contribution in [-0.4, -0.2) is 47.6 Å². The number of benzene rings is 3. The van der Waals surface area contributed by atoms with Crippen LogP contribution in [0.25, 0.3) is 0 Å². The predicted octanol–water partition coefficient (Wildman–Crippen LogP) is 5.33. The Morgan fingerprint density at radius 1 is 1.18 bits per heavy atom. The number of phenols is 1. The van der Waals surface area contributed by atoms with Crippen LogP contribution in [-0.2, 0) is 17.9 Å². The van der Waals surface area contributed by atoms with E-state index in [2.05, 4.69) is 15.2 Å². The molecule has 2 aliphatic rings. The number of methoxy groups -OCH3 is 1. The molecule has 0 radical (unpaired) electrons. The normalized spacial score (nSPS) is 16.9. The van der Waals surface area contributed by atoms with Gasteiger partial charge in [0.1, 0.15) is 17.3 Å². The van der Waals surface area contributed by atoms with Crippen molar-refractivity contribution in [2.75, 3.05) is 25.5 Å². The maximum atomic E-state index is 14.5. The summed E-state index contributed by atoms with van der Waals surface area (Å²) in [5.74, 6) is 0.222. The van der Waals surface area contributed by atoms with Crippen LogP contribution in [0.3, 0.4) is 0 Å². The van der Waals surface area contributed by atoms with E-state index in [0.717, 1.165) is 48.3 Å². The average molecular weight is 530 g/mol. The number of halogens is 1. The van der Waals surface area contributed by atoms with Gasteiger partial charge in [-0.1, -0.05) is 18.2 Å². The highest BCUT2D eigenvalue weighted by molar-refractivity contribution is 6.16. The van der Waals surface area contributed by atoms with Crippen LogP contribution in [0.5, 0.6) is 11.5 Å². The lowest BCUT2D eigenvalue weighted by molar-refractivity contribution is -0.114. The maximum absolute atomic E-state index is 14.5. The Balaban J connectivity index is 1.29. The number of hydrogen-bond acceptors (Lipinski definition) is 6. The van der Waals surface area contributed by atoms with Gasteiger partial charge in [-0.15, -0.1) is 0 Å². The third kappa shape index (κ3) is 5.86. The molecule has 2 N–H and O–H groups in total. The van der Waals surface area contributed by atoms with Gasteiger partial charge < -0.3 is 15.2 Å². The number of likely N-dealkylation sites (tertiary alicyclic amines) is 1. The van der Waals surface area contributed by atoms with Crippen LogP contribution in [0.2, 0.25) is 0 Å². The molecule has 3 aromatic carbocycles. The molecule has 2 heterocycles. The van der Waals surface area contributed by atoms with Crippen LogP contribution >= 0.6 is 0 Å². The molecule has 0 bridgehead atoms. The third-order valence-electron chi connectivity index (χ3n) is 7.43. The van der Waals surface area contributed by atoms with E-state index in [9.17, 15) is 19.1 Å². The second kappa shape index (κ2) is 11.4. The number of rotatable bonds is 8. The fraction of sp³-hybridized carbons (Fsp3) is 0.323. The minimum atomic E-state index is -0.279. The van der Waals surface area contributed by atoms with E-state index in [-0.39, 0.29) is 29.2 Å². The fourth-order valence-corrected chi connectivity index (χ4v) is 5.53. The van der Waals surface area contributed by atoms with Gasteiger partial charge in [-0.25, -0.2) is 4.39 Å². The lowest BCUT2D eigenvalue weighted by Crippen LogP contribution is -2.36. The van der Waals surface area contributed by atoms with E-state index in [1.165, 1.54) is 19.1 Å². The summed E-state index contributed by atoms with van der Waals surface area (Å²) in [6, 6.07) is 15.6. The Hall–Kier alpha value is -4.04. The Kier molecular flexibility index (Phi) is 7.74. The summed E-state index contributed by atoms with van der Waals surface area (Å²) in [4.78, 5) is 31.8. The fourth-order valence-electron chi connectivity index (χ4n) is 5.53. The number of anilines is 1. The molecule has 7 nitrogen and oxygen atoms in total. The standard InChI is InChI=1S/C31H32FN3O4/c1-19(36)34-27-15-22(10-11-28(27)37)31-24-14-21(8-9-23(24)16-33-31)29(38)13-20-5-4-12-35(17-20)18-25-26(32)6-3-7-30(25)39-2/h3,6-11,14-15,20,37H,4-5,12-13,16-18H2,1-2H3,(H,34,36)/t20-/m0/s1. The van der Waals surface area contributed by atoms with E-state index in [1.54, 1.807) is 31.4 Å². The molecule has 1 atom stereocenters. The molecule has 0 saturated carbocycles. The van der Waals surface area contributed by atoms with Gasteiger partial charge in [0, 0.05) is 48.7 Å². The van der Waals surface area contributed by atoms with Crippen molar-refractivity contribution in [2.24, 2.45) is 10.9 Å². The Morgan fingerprint density at radius 2 is 2.03 bits per heavy atom. The van der Waals surface area contributed by atoms with E-state index >= 15 is 0 Å². The van der Waals surface area contributed by atoms with Crippen molar-refractivity contribution in [3.63, 3.8) is 0 Å². The predicted molar refractivity (Wildman–Crippen MR) is 148 cm³/mol. The highest BCUT2D eigenvalue weighted by Crippen LogP contribution is 2.31. The molecule has 202 valence electrons. The largest absolute Gasteiger partial charge is 0.506 e. The molecular formula is C31H32FN3O4. The molecule has 0 spiro atoms. The zero-order chi connectivity index (χ0) is 27.5. The van der Waals surface area contributed by atoms with Crippen LogP contribution in [0.4, 0.5) is 10.1 Å². The molecule has 8 heteroatoms. The molecule has 5 rings (SSSR count). The third-order valence-corrected chi connectivity index (χ3v) is 7.43. The second-order valence-corrected chi connectivity index (χ2v) is 10.2. The van der Waals surface area contributed by atoms with Gasteiger partial charge >= 0.3 is 0 Å². The van der Waals surface area contributed by atoms with Crippen LogP contribution in [0, 0.1) is 11.7 Å². The second-order valence-electron chi connectivity index (χ2n) is 10.2. The summed E-state index contributed by atoms with van der Waals surface area (Å²) < 4.78 is 19.8. The number of nitrogens with zero attached hydrogens (tertiary/aromatic N) is 2. The minimum absolute atomic E-state index is 0.0216. The van der Waals surface area contributed by atoms with Crippen LogP contribution in [0.15, 0.2) is 59.6 Å². The average Bonchev–Trinajstić information content (AvgIpc) is 3.34. The van der Waals surface area contributed by atoms with Gasteiger partial charge in [0.2, 0.25) is 5.91 Å². The van der Waals surface area contributed by atoms with E-state index in [0.29, 0.717) is 42.1 Å². The van der Waals surface area contributed by atoms with Crippen molar-refractivity contribution >= 4 is 23.1 Å². The quantitative estimate of drug-likeness (QED) is 0.304. The number of fused-ring (bicyclic) bond motifs is 1. The molecular weight excluding hydrogens is 497 g/mol. The number of amides is 1. The topological polar surface area (TPSA) is 91.2 Å². The summed E-state index contributed by atoms with van der Waals surface area (Å²) in [6.45, 7) is 3.92. The SMILES string of the molecule is COc1cccc(F)c1CN1CCC[C@@H](CC(=O)c2ccc3c(c2)C(c2ccc(O)c(NC(C)=O)c2)=NC3)C1. The molecule has 39 heavy (non-hydrogen) atoms. The number of nitrogens with one attached hydrogen (secondary N) is 1. The Labute approximate surface area is 227 Å². The summed E-state index contributed by atoms with van der Waals surface area (Å²) in [7, 11) is 1.55. The zero-order valence-corrected chi connectivity index (χ0v) is 22.2. The molecule has 1 fully saturated rings. The Morgan fingerprint density at radius 3 is 2.82 bits per heavy atom. The Bertz CT molecular complexity index is 1450. The zero-order valence-electron chi connectivity index (χ0n) is 22.2. The number of aliphatic imine (C=N–C) groups is 1. The first kappa shape index (κ1) is 26.6. The van der Waals surface area contributed by atoms with E-state index in [4.69, 9.17) is 4.74 Å². The maximum Gasteiger partial charge on any atom is 0.221 e. The highest BCUT2D eigenvalue weighted by Gasteiger charge is 2.26. The number of Topliss-reactive ketones (excluding diaryl/α,β-unsaturated/α-hetero) is 1. The number of phenolic OH excluding ortho intramolecular Hbond substituents is 1. The van der Waals surface area contributed by atoms with Crippen molar-refractivity contribution in [3.8, 4) is 11.5 Å². The smallest absolute Gasteiger partial charge is 0.221 e. The molecule has 0 unspecified atom stereocenters. The summed E-state index contributed by atoms with van der Waals surface area (Å²) in [5, 5.41) is 12.7. The van der Waals surface area contributed by atoms with Gasteiger partial charge in [-0.05, 0) is 67.3 Å². The van der Waals surface area contributed by atoms with E-state index < -0.39 is 0 Å². The van der Waals surface area contributed by atoms with Crippen LogP contribution < -0.4 is 10.1 Å². The van der Waals surface area contributed by atoms with Crippen LogP contribution in [0.1, 0.15) is 58.8 Å². The monoisotopic (exact) mass is 529 g/mol. The minimum Gasteiger partial charge on any atom is -0.506 e.